The Bertz CT molecular complexity index is 1040. The average Bonchev–Trinajstić information content (AvgIpc) is 2.67. The molecule has 7 heteroatoms. The van der Waals surface area contributed by atoms with Gasteiger partial charge in [0.2, 0.25) is 5.91 Å². The van der Waals surface area contributed by atoms with Gasteiger partial charge in [-0.05, 0) is 25.1 Å². The van der Waals surface area contributed by atoms with Crippen LogP contribution >= 0.6 is 0 Å². The molecule has 2 aromatic carbocycles. The molecule has 0 unspecified atom stereocenters. The summed E-state index contributed by atoms with van der Waals surface area (Å²) in [4.78, 5) is 24.7. The number of fused-ring (bicyclic) bond motifs is 1. The minimum Gasteiger partial charge on any atom is -0.493 e. The maximum Gasteiger partial charge on any atom is 0.274 e. The van der Waals surface area contributed by atoms with E-state index < -0.39 is 0 Å². The van der Waals surface area contributed by atoms with E-state index in [1.54, 1.807) is 50.6 Å². The number of benzene rings is 2. The van der Waals surface area contributed by atoms with Gasteiger partial charge < -0.3 is 14.8 Å². The Balaban J connectivity index is 1.84. The normalized spacial score (nSPS) is 10.6. The first-order valence-electron chi connectivity index (χ1n) is 8.59. The van der Waals surface area contributed by atoms with Crippen molar-refractivity contribution >= 4 is 22.4 Å². The summed E-state index contributed by atoms with van der Waals surface area (Å²) < 4.78 is 12.0. The van der Waals surface area contributed by atoms with Gasteiger partial charge in [0, 0.05) is 24.2 Å². The van der Waals surface area contributed by atoms with E-state index in [1.165, 1.54) is 4.68 Å². The number of aryl methyl sites for hydroxylation is 1. The predicted molar refractivity (Wildman–Crippen MR) is 103 cm³/mol. The fourth-order valence-electron chi connectivity index (χ4n) is 2.88. The topological polar surface area (TPSA) is 82.5 Å². The Labute approximate surface area is 156 Å². The van der Waals surface area contributed by atoms with Crippen molar-refractivity contribution < 1.29 is 14.3 Å². The smallest absolute Gasteiger partial charge is 0.274 e. The van der Waals surface area contributed by atoms with Gasteiger partial charge in [0.05, 0.1) is 31.2 Å². The molecule has 0 atom stereocenters. The van der Waals surface area contributed by atoms with Gasteiger partial charge in [0.15, 0.2) is 11.5 Å². The molecule has 0 saturated heterocycles. The number of methoxy groups -OCH3 is 1. The summed E-state index contributed by atoms with van der Waals surface area (Å²) >= 11 is 0. The van der Waals surface area contributed by atoms with Gasteiger partial charge in [0.25, 0.3) is 5.56 Å². The molecule has 1 heterocycles. The predicted octanol–water partition coefficient (Wildman–Crippen LogP) is 2.52. The summed E-state index contributed by atoms with van der Waals surface area (Å²) in [5.74, 6) is 0.918. The molecule has 140 valence electrons. The lowest BCUT2D eigenvalue weighted by molar-refractivity contribution is -0.115. The summed E-state index contributed by atoms with van der Waals surface area (Å²) in [6.45, 7) is 2.41. The van der Waals surface area contributed by atoms with Crippen LogP contribution in [0.15, 0.2) is 47.3 Å². The molecule has 0 aliphatic heterocycles. The Hall–Kier alpha value is -3.35. The fourth-order valence-corrected chi connectivity index (χ4v) is 2.88. The molecule has 0 aliphatic carbocycles. The summed E-state index contributed by atoms with van der Waals surface area (Å²) in [7, 11) is 3.12. The van der Waals surface area contributed by atoms with E-state index in [0.29, 0.717) is 40.3 Å². The fraction of sp³-hybridized carbons (Fsp3) is 0.250. The van der Waals surface area contributed by atoms with Crippen LogP contribution in [-0.2, 0) is 18.3 Å². The summed E-state index contributed by atoms with van der Waals surface area (Å²) in [5.41, 5.74) is 0.948. The molecule has 0 radical (unpaired) electrons. The number of nitrogens with zero attached hydrogens (tertiary/aromatic N) is 2. The number of carbonyl (C=O) groups excluding carboxylic acids is 1. The van der Waals surface area contributed by atoms with Crippen LogP contribution in [0.25, 0.3) is 10.8 Å². The Kier molecular flexibility index (Phi) is 5.40. The minimum absolute atomic E-state index is 0.0458. The molecule has 3 aromatic rings. The third kappa shape index (κ3) is 3.92. The van der Waals surface area contributed by atoms with E-state index in [-0.39, 0.29) is 17.9 Å². The molecule has 7 nitrogen and oxygen atoms in total. The van der Waals surface area contributed by atoms with Crippen LogP contribution in [-0.4, -0.2) is 29.4 Å². The monoisotopic (exact) mass is 367 g/mol. The lowest BCUT2D eigenvalue weighted by atomic mass is 10.1. The van der Waals surface area contributed by atoms with E-state index >= 15 is 0 Å². The standard InChI is InChI=1S/C20H21N3O4/c1-4-27-17-10-9-13(11-18(17)26-3)21-19(24)12-16-14-7-5-6-8-15(14)20(25)23(2)22-16/h5-11H,4,12H2,1-3H3,(H,21,24). The van der Waals surface area contributed by atoms with Crippen LogP contribution in [0, 0.1) is 0 Å². The maximum absolute atomic E-state index is 12.5. The molecule has 1 N–H and O–H groups in total. The van der Waals surface area contributed by atoms with E-state index in [9.17, 15) is 9.59 Å². The Morgan fingerprint density at radius 1 is 1.15 bits per heavy atom. The van der Waals surface area contributed by atoms with Crippen LogP contribution in [0.3, 0.4) is 0 Å². The Morgan fingerprint density at radius 2 is 1.89 bits per heavy atom. The molecule has 0 saturated carbocycles. The third-order valence-electron chi connectivity index (χ3n) is 4.11. The van der Waals surface area contributed by atoms with E-state index in [2.05, 4.69) is 10.4 Å². The number of carbonyl (C=O) groups is 1. The number of rotatable bonds is 6. The first kappa shape index (κ1) is 18.4. The highest BCUT2D eigenvalue weighted by Gasteiger charge is 2.13. The zero-order valence-corrected chi connectivity index (χ0v) is 15.5. The molecule has 1 amide bonds. The van der Waals surface area contributed by atoms with Crippen molar-refractivity contribution in [3.8, 4) is 11.5 Å². The van der Waals surface area contributed by atoms with Gasteiger partial charge in [-0.25, -0.2) is 4.68 Å². The van der Waals surface area contributed by atoms with Gasteiger partial charge in [-0.15, -0.1) is 0 Å². The second-order valence-corrected chi connectivity index (χ2v) is 5.94. The quantitative estimate of drug-likeness (QED) is 0.724. The van der Waals surface area contributed by atoms with E-state index in [1.807, 2.05) is 13.0 Å². The highest BCUT2D eigenvalue weighted by Crippen LogP contribution is 2.30. The second kappa shape index (κ2) is 7.90. The van der Waals surface area contributed by atoms with Gasteiger partial charge in [-0.3, -0.25) is 9.59 Å². The number of hydrogen-bond donors (Lipinski definition) is 1. The second-order valence-electron chi connectivity index (χ2n) is 5.94. The van der Waals surface area contributed by atoms with Gasteiger partial charge in [-0.2, -0.15) is 5.10 Å². The van der Waals surface area contributed by atoms with Crippen LogP contribution in [0.1, 0.15) is 12.6 Å². The van der Waals surface area contributed by atoms with E-state index in [4.69, 9.17) is 9.47 Å². The lowest BCUT2D eigenvalue weighted by Crippen LogP contribution is -2.24. The molecular formula is C20H21N3O4. The van der Waals surface area contributed by atoms with Crippen molar-refractivity contribution in [2.24, 2.45) is 7.05 Å². The molecule has 0 bridgehead atoms. The lowest BCUT2D eigenvalue weighted by Gasteiger charge is -2.12. The zero-order chi connectivity index (χ0) is 19.4. The highest BCUT2D eigenvalue weighted by atomic mass is 16.5. The van der Waals surface area contributed by atoms with Crippen molar-refractivity contribution in [2.45, 2.75) is 13.3 Å². The van der Waals surface area contributed by atoms with Crippen molar-refractivity contribution in [1.29, 1.82) is 0 Å². The van der Waals surface area contributed by atoms with Crippen LogP contribution < -0.4 is 20.3 Å². The summed E-state index contributed by atoms with van der Waals surface area (Å²) in [6, 6.07) is 12.3. The number of hydrogen-bond acceptors (Lipinski definition) is 5. The van der Waals surface area contributed by atoms with Gasteiger partial charge in [0.1, 0.15) is 0 Å². The average molecular weight is 367 g/mol. The number of nitrogens with one attached hydrogen (secondary N) is 1. The number of amides is 1. The van der Waals surface area contributed by atoms with Crippen LogP contribution in [0.4, 0.5) is 5.69 Å². The molecule has 0 fully saturated rings. The zero-order valence-electron chi connectivity index (χ0n) is 15.5. The molecule has 0 aliphatic rings. The third-order valence-corrected chi connectivity index (χ3v) is 4.11. The van der Waals surface area contributed by atoms with Crippen molar-refractivity contribution in [3.63, 3.8) is 0 Å². The number of aromatic nitrogens is 2. The number of ether oxygens (including phenoxy) is 2. The van der Waals surface area contributed by atoms with Gasteiger partial charge >= 0.3 is 0 Å². The van der Waals surface area contributed by atoms with Crippen molar-refractivity contribution in [2.75, 3.05) is 19.0 Å². The molecular weight excluding hydrogens is 346 g/mol. The van der Waals surface area contributed by atoms with Gasteiger partial charge in [-0.1, -0.05) is 18.2 Å². The van der Waals surface area contributed by atoms with Crippen LogP contribution in [0.2, 0.25) is 0 Å². The van der Waals surface area contributed by atoms with Crippen molar-refractivity contribution in [1.82, 2.24) is 9.78 Å². The summed E-state index contributed by atoms with van der Waals surface area (Å²) in [5, 5.41) is 8.31. The number of anilines is 1. The SMILES string of the molecule is CCOc1ccc(NC(=O)Cc2nn(C)c(=O)c3ccccc23)cc1OC. The first-order chi connectivity index (χ1) is 13.0. The van der Waals surface area contributed by atoms with Crippen LogP contribution in [0.5, 0.6) is 11.5 Å². The van der Waals surface area contributed by atoms with E-state index in [0.717, 1.165) is 0 Å². The molecule has 0 spiro atoms. The Morgan fingerprint density at radius 3 is 2.59 bits per heavy atom. The minimum atomic E-state index is -0.238. The molecule has 27 heavy (non-hydrogen) atoms. The molecule has 1 aromatic heterocycles. The molecule has 3 rings (SSSR count). The first-order valence-corrected chi connectivity index (χ1v) is 8.59. The maximum atomic E-state index is 12.5. The summed E-state index contributed by atoms with van der Waals surface area (Å²) in [6.07, 6.45) is 0.0458. The van der Waals surface area contributed by atoms with Crippen molar-refractivity contribution in [3.05, 3.63) is 58.5 Å². The largest absolute Gasteiger partial charge is 0.493 e. The highest BCUT2D eigenvalue weighted by molar-refractivity contribution is 5.95.